The van der Waals surface area contributed by atoms with Gasteiger partial charge in [-0.05, 0) is 60.6 Å². The van der Waals surface area contributed by atoms with Crippen LogP contribution in [0.5, 0.6) is 0 Å². The van der Waals surface area contributed by atoms with Crippen LogP contribution in [0.3, 0.4) is 0 Å². The minimum Gasteiger partial charge on any atom is -0.0695 e. The lowest BCUT2D eigenvalue weighted by molar-refractivity contribution is 0.670. The van der Waals surface area contributed by atoms with Gasteiger partial charge in [0.05, 0.1) is 5.41 Å². The van der Waals surface area contributed by atoms with Crippen LogP contribution in [-0.2, 0) is 9.74 Å². The summed E-state index contributed by atoms with van der Waals surface area (Å²) in [6.07, 6.45) is 0. The van der Waals surface area contributed by atoms with E-state index < -0.39 is 4.32 Å². The molecule has 0 atom stereocenters. The number of halogens is 3. The Morgan fingerprint density at radius 2 is 0.909 bits per heavy atom. The molecule has 0 N–H and O–H groups in total. The van der Waals surface area contributed by atoms with Crippen molar-refractivity contribution in [2.75, 3.05) is 0 Å². The van der Waals surface area contributed by atoms with Crippen molar-refractivity contribution in [3.63, 3.8) is 0 Å². The van der Waals surface area contributed by atoms with Gasteiger partial charge in [0.15, 0.2) is 0 Å². The summed E-state index contributed by atoms with van der Waals surface area (Å²) in [5.74, 6) is 0. The Hall–Kier alpha value is -2.20. The maximum Gasteiger partial charge on any atom is 0.103 e. The first-order valence-electron chi connectivity index (χ1n) is 10.9. The first-order chi connectivity index (χ1) is 16.1. The molecule has 33 heavy (non-hydrogen) atoms. The number of hydrogen-bond acceptors (Lipinski definition) is 0. The molecule has 4 aromatic rings. The Morgan fingerprint density at radius 1 is 0.545 bits per heavy atom. The van der Waals surface area contributed by atoms with E-state index in [1.54, 1.807) is 0 Å². The van der Waals surface area contributed by atoms with Crippen molar-refractivity contribution in [2.24, 2.45) is 0 Å². The molecule has 3 aliphatic rings. The van der Waals surface area contributed by atoms with E-state index in [1.165, 1.54) is 60.1 Å². The molecule has 3 heteroatoms. The largest absolute Gasteiger partial charge is 0.103 e. The smallest absolute Gasteiger partial charge is 0.0695 e. The van der Waals surface area contributed by atoms with Crippen molar-refractivity contribution >= 4 is 47.8 Å². The first kappa shape index (κ1) is 20.2. The van der Waals surface area contributed by atoms with Crippen molar-refractivity contribution in [3.8, 4) is 22.3 Å². The molecule has 0 amide bonds. The second kappa shape index (κ2) is 6.91. The van der Waals surface area contributed by atoms with Crippen molar-refractivity contribution in [1.82, 2.24) is 0 Å². The number of allylic oxidation sites excluding steroid dienone is 3. The molecule has 4 aromatic carbocycles. The Kier molecular flexibility index (Phi) is 4.23. The SMILES string of the molecule is Br/C=C1\C(C2(Br)c3ccccc3-c3ccccc32)=C(Br)C12c1ccccc1-c1ccccc12. The number of fused-ring (bicyclic) bond motifs is 8. The lowest BCUT2D eigenvalue weighted by Gasteiger charge is -2.50. The van der Waals surface area contributed by atoms with E-state index in [4.69, 9.17) is 0 Å². The lowest BCUT2D eigenvalue weighted by Crippen LogP contribution is -2.44. The van der Waals surface area contributed by atoms with Gasteiger partial charge in [-0.25, -0.2) is 0 Å². The van der Waals surface area contributed by atoms with Crippen LogP contribution in [0, 0.1) is 0 Å². The van der Waals surface area contributed by atoms with Gasteiger partial charge in [0.25, 0.3) is 0 Å². The molecule has 0 saturated carbocycles. The lowest BCUT2D eigenvalue weighted by atomic mass is 9.58. The minimum absolute atomic E-state index is 0.306. The fourth-order valence-electron chi connectivity index (χ4n) is 6.24. The summed E-state index contributed by atoms with van der Waals surface area (Å²) in [6, 6.07) is 35.2. The minimum atomic E-state index is -0.420. The standard InChI is InChI=1S/C30H17Br3/c31-17-26-27(30(33)24-15-7-3-11-20(24)21-12-4-8-16-25(21)30)28(32)29(26)22-13-5-1-9-18(22)19-10-2-6-14-23(19)29/h1-17H/b26-17+. The van der Waals surface area contributed by atoms with E-state index in [0.717, 1.165) is 0 Å². The molecule has 0 unspecified atom stereocenters. The summed E-state index contributed by atoms with van der Waals surface area (Å²) in [4.78, 5) is 2.14. The highest BCUT2D eigenvalue weighted by Crippen LogP contribution is 2.72. The first-order valence-corrected chi connectivity index (χ1v) is 13.4. The third kappa shape index (κ3) is 2.22. The zero-order chi connectivity index (χ0) is 22.4. The van der Waals surface area contributed by atoms with Gasteiger partial charge in [-0.1, -0.05) is 145 Å². The Labute approximate surface area is 218 Å². The highest BCUT2D eigenvalue weighted by molar-refractivity contribution is 9.12. The van der Waals surface area contributed by atoms with Crippen molar-refractivity contribution in [1.29, 1.82) is 0 Å². The van der Waals surface area contributed by atoms with E-state index in [1.807, 2.05) is 0 Å². The molecule has 0 aromatic heterocycles. The quantitative estimate of drug-likeness (QED) is 0.187. The van der Waals surface area contributed by atoms with Crippen molar-refractivity contribution in [3.05, 3.63) is 140 Å². The monoisotopic (exact) mass is 614 g/mol. The number of benzene rings is 4. The molecule has 0 heterocycles. The average Bonchev–Trinajstić information content (AvgIpc) is 3.32. The van der Waals surface area contributed by atoms with Crippen LogP contribution in [0.2, 0.25) is 0 Å². The third-order valence-electron chi connectivity index (χ3n) is 7.51. The third-order valence-corrected chi connectivity index (χ3v) is 10.2. The second-order valence-electron chi connectivity index (χ2n) is 8.80. The van der Waals surface area contributed by atoms with Crippen LogP contribution in [0.1, 0.15) is 22.3 Å². The molecular weight excluding hydrogens is 600 g/mol. The summed E-state index contributed by atoms with van der Waals surface area (Å²) in [5.41, 5.74) is 12.7. The van der Waals surface area contributed by atoms with Crippen LogP contribution in [-0.4, -0.2) is 0 Å². The molecular formula is C30H17Br3. The number of alkyl halides is 1. The predicted molar refractivity (Wildman–Crippen MR) is 147 cm³/mol. The van der Waals surface area contributed by atoms with E-state index >= 15 is 0 Å². The van der Waals surface area contributed by atoms with Crippen LogP contribution >= 0.6 is 47.8 Å². The zero-order valence-corrected chi connectivity index (χ0v) is 22.2. The van der Waals surface area contributed by atoms with E-state index in [0.29, 0.717) is 0 Å². The fourth-order valence-corrected chi connectivity index (χ4v) is 9.33. The van der Waals surface area contributed by atoms with Gasteiger partial charge in [-0.2, -0.15) is 0 Å². The molecule has 158 valence electrons. The van der Waals surface area contributed by atoms with Crippen LogP contribution in [0.25, 0.3) is 22.3 Å². The molecule has 0 radical (unpaired) electrons. The molecule has 0 saturated heterocycles. The normalized spacial score (nSPS) is 19.2. The Morgan fingerprint density at radius 3 is 1.33 bits per heavy atom. The van der Waals surface area contributed by atoms with Gasteiger partial charge >= 0.3 is 0 Å². The molecule has 1 spiro atoms. The predicted octanol–water partition coefficient (Wildman–Crippen LogP) is 9.21. The zero-order valence-electron chi connectivity index (χ0n) is 17.4. The Balaban J connectivity index is 1.58. The fraction of sp³-hybridized carbons (Fsp3) is 0.0667. The van der Waals surface area contributed by atoms with E-state index in [2.05, 4.69) is 150 Å². The number of hydrogen-bond donors (Lipinski definition) is 0. The van der Waals surface area contributed by atoms with Crippen molar-refractivity contribution < 1.29 is 0 Å². The topological polar surface area (TPSA) is 0 Å². The average molecular weight is 617 g/mol. The molecule has 0 bridgehead atoms. The van der Waals surface area contributed by atoms with Gasteiger partial charge in [-0.15, -0.1) is 0 Å². The van der Waals surface area contributed by atoms with Gasteiger partial charge < -0.3 is 0 Å². The molecule has 0 nitrogen and oxygen atoms in total. The summed E-state index contributed by atoms with van der Waals surface area (Å²) in [5, 5.41) is 0. The molecule has 3 aliphatic carbocycles. The molecule has 0 fully saturated rings. The highest BCUT2D eigenvalue weighted by Gasteiger charge is 2.62. The maximum atomic E-state index is 4.30. The Bertz CT molecular complexity index is 1470. The van der Waals surface area contributed by atoms with Crippen LogP contribution in [0.15, 0.2) is 118 Å². The van der Waals surface area contributed by atoms with Crippen LogP contribution in [0.4, 0.5) is 0 Å². The summed E-state index contributed by atoms with van der Waals surface area (Å²) in [7, 11) is 0. The maximum absolute atomic E-state index is 4.30. The van der Waals surface area contributed by atoms with Gasteiger partial charge in [-0.3, -0.25) is 0 Å². The summed E-state index contributed by atoms with van der Waals surface area (Å²) >= 11 is 12.3. The van der Waals surface area contributed by atoms with Gasteiger partial charge in [0.1, 0.15) is 4.32 Å². The number of rotatable bonds is 1. The molecule has 7 rings (SSSR count). The van der Waals surface area contributed by atoms with Gasteiger partial charge in [0, 0.05) is 4.48 Å². The van der Waals surface area contributed by atoms with Crippen LogP contribution < -0.4 is 0 Å². The molecule has 0 aliphatic heterocycles. The second-order valence-corrected chi connectivity index (χ2v) is 11.2. The van der Waals surface area contributed by atoms with Crippen molar-refractivity contribution in [2.45, 2.75) is 9.74 Å². The van der Waals surface area contributed by atoms with E-state index in [9.17, 15) is 0 Å². The van der Waals surface area contributed by atoms with E-state index in [-0.39, 0.29) is 5.41 Å². The summed E-state index contributed by atoms with van der Waals surface area (Å²) in [6.45, 7) is 0. The summed E-state index contributed by atoms with van der Waals surface area (Å²) < 4.78 is 0.803. The highest BCUT2D eigenvalue weighted by atomic mass is 79.9. The van der Waals surface area contributed by atoms with Gasteiger partial charge in [0.2, 0.25) is 0 Å².